The van der Waals surface area contributed by atoms with E-state index in [1.54, 1.807) is 6.92 Å². The number of carbonyl (C=O) groups is 1. The quantitative estimate of drug-likeness (QED) is 0.906. The van der Waals surface area contributed by atoms with E-state index in [1.165, 1.54) is 18.2 Å². The molecule has 0 amide bonds. The van der Waals surface area contributed by atoms with Crippen molar-refractivity contribution in [1.29, 1.82) is 0 Å². The highest BCUT2D eigenvalue weighted by Crippen LogP contribution is 2.17. The molecule has 0 radical (unpaired) electrons. The van der Waals surface area contributed by atoms with Crippen molar-refractivity contribution >= 4 is 16.8 Å². The number of benzene rings is 1. The Balaban J connectivity index is 2.73. The first kappa shape index (κ1) is 15.6. The zero-order chi connectivity index (χ0) is 14.6. The van der Waals surface area contributed by atoms with Crippen LogP contribution in [0.4, 0.5) is 13.2 Å². The lowest BCUT2D eigenvalue weighted by molar-refractivity contribution is -0.322. The summed E-state index contributed by atoms with van der Waals surface area (Å²) in [5.41, 5.74) is 0.461. The lowest BCUT2D eigenvalue weighted by atomic mass is 10.1. The van der Waals surface area contributed by atoms with Crippen molar-refractivity contribution in [2.24, 2.45) is 0 Å². The van der Waals surface area contributed by atoms with Crippen molar-refractivity contribution in [2.45, 2.75) is 18.2 Å². The molecule has 0 aromatic heterocycles. The normalized spacial score (nSPS) is 13.3. The molecule has 0 aliphatic heterocycles. The molecule has 8 heteroatoms. The fourth-order valence-corrected chi connectivity index (χ4v) is 2.26. The van der Waals surface area contributed by atoms with Gasteiger partial charge in [0.25, 0.3) is 0 Å². The smallest absolute Gasteiger partial charge is 0.478 e. The molecule has 1 atom stereocenters. The van der Waals surface area contributed by atoms with Gasteiger partial charge in [0.15, 0.2) is 0 Å². The van der Waals surface area contributed by atoms with Gasteiger partial charge in [-0.1, -0.05) is 6.07 Å². The van der Waals surface area contributed by atoms with Gasteiger partial charge >= 0.3 is 12.3 Å². The van der Waals surface area contributed by atoms with Gasteiger partial charge in [0.2, 0.25) is 0 Å². The average molecular weight is 296 g/mol. The summed E-state index contributed by atoms with van der Waals surface area (Å²) in [7, 11) is -1.74. The van der Waals surface area contributed by atoms with E-state index in [4.69, 9.17) is 5.11 Å². The molecular weight excluding hydrogens is 285 g/mol. The summed E-state index contributed by atoms with van der Waals surface area (Å²) >= 11 is 0. The van der Waals surface area contributed by atoms with Gasteiger partial charge < -0.3 is 5.11 Å². The van der Waals surface area contributed by atoms with E-state index in [1.807, 2.05) is 0 Å². The highest BCUT2D eigenvalue weighted by atomic mass is 32.2. The predicted octanol–water partition coefficient (Wildman–Crippen LogP) is 2.34. The van der Waals surface area contributed by atoms with Gasteiger partial charge in [-0.2, -0.15) is 0 Å². The number of alkyl halides is 3. The van der Waals surface area contributed by atoms with Gasteiger partial charge in [-0.3, -0.25) is 8.95 Å². The van der Waals surface area contributed by atoms with Crippen LogP contribution in [0, 0.1) is 6.92 Å². The first-order valence-electron chi connectivity index (χ1n) is 5.13. The minimum atomic E-state index is -4.76. The van der Waals surface area contributed by atoms with Crippen LogP contribution in [0.3, 0.4) is 0 Å². The summed E-state index contributed by atoms with van der Waals surface area (Å²) in [6, 6.07) is 4.08. The molecule has 0 bridgehead atoms. The van der Waals surface area contributed by atoms with Gasteiger partial charge in [0.05, 0.1) is 28.7 Å². The molecule has 0 aliphatic carbocycles. The van der Waals surface area contributed by atoms with Crippen molar-refractivity contribution in [3.63, 3.8) is 0 Å². The van der Waals surface area contributed by atoms with E-state index in [0.717, 1.165) is 0 Å². The van der Waals surface area contributed by atoms with E-state index < -0.39 is 29.7 Å². The Morgan fingerprint density at radius 2 is 2.05 bits per heavy atom. The Morgan fingerprint density at radius 3 is 2.58 bits per heavy atom. The van der Waals surface area contributed by atoms with Gasteiger partial charge in [0, 0.05) is 4.90 Å². The van der Waals surface area contributed by atoms with Gasteiger partial charge in [-0.25, -0.2) is 4.79 Å². The number of hydrogen-bond donors (Lipinski definition) is 1. The number of aromatic carboxylic acids is 1. The molecule has 1 N–H and O–H groups in total. The Bertz CT molecular complexity index is 499. The van der Waals surface area contributed by atoms with Crippen LogP contribution >= 0.6 is 0 Å². The van der Waals surface area contributed by atoms with Crippen LogP contribution in [0.1, 0.15) is 15.9 Å². The maximum Gasteiger partial charge on any atom is 0.522 e. The lowest BCUT2D eigenvalue weighted by Gasteiger charge is -2.08. The second kappa shape index (κ2) is 6.16. The third kappa shape index (κ3) is 4.99. The van der Waals surface area contributed by atoms with Crippen molar-refractivity contribution in [1.82, 2.24) is 0 Å². The number of aryl methyl sites for hydroxylation is 1. The van der Waals surface area contributed by atoms with E-state index in [9.17, 15) is 22.2 Å². The third-order valence-electron chi connectivity index (χ3n) is 2.24. The SMILES string of the molecule is Cc1ccc(S(=O)CCOC(F)(F)F)cc1C(=O)O. The Hall–Kier alpha value is -1.41. The van der Waals surface area contributed by atoms with E-state index >= 15 is 0 Å². The molecular formula is C11H11F3O4S. The van der Waals surface area contributed by atoms with Crippen LogP contribution in [-0.2, 0) is 15.5 Å². The molecule has 1 aromatic carbocycles. The molecule has 19 heavy (non-hydrogen) atoms. The number of rotatable bonds is 5. The molecule has 0 saturated carbocycles. The molecule has 0 aliphatic rings. The number of hydrogen-bond acceptors (Lipinski definition) is 3. The number of carboxylic acid groups (broad SMARTS) is 1. The van der Waals surface area contributed by atoms with Crippen LogP contribution in [0.2, 0.25) is 0 Å². The van der Waals surface area contributed by atoms with Crippen LogP contribution in [-0.4, -0.2) is 34.0 Å². The Morgan fingerprint density at radius 1 is 1.42 bits per heavy atom. The van der Waals surface area contributed by atoms with Gasteiger partial charge in [0.1, 0.15) is 0 Å². The van der Waals surface area contributed by atoms with Crippen molar-refractivity contribution in [3.05, 3.63) is 29.3 Å². The fourth-order valence-electron chi connectivity index (χ4n) is 1.32. The summed E-state index contributed by atoms with van der Waals surface area (Å²) in [5.74, 6) is -1.54. The summed E-state index contributed by atoms with van der Waals surface area (Å²) in [6.45, 7) is 0.829. The maximum atomic E-state index is 11.7. The molecule has 1 aromatic rings. The third-order valence-corrected chi connectivity index (χ3v) is 3.55. The summed E-state index contributed by atoms with van der Waals surface area (Å²) in [6.07, 6.45) is -4.76. The minimum absolute atomic E-state index is 0.0254. The summed E-state index contributed by atoms with van der Waals surface area (Å²) in [4.78, 5) is 11.0. The fraction of sp³-hybridized carbons (Fsp3) is 0.364. The highest BCUT2D eigenvalue weighted by Gasteiger charge is 2.29. The Kier molecular flexibility index (Phi) is 5.07. The molecule has 0 spiro atoms. The second-order valence-electron chi connectivity index (χ2n) is 3.63. The van der Waals surface area contributed by atoms with Crippen LogP contribution < -0.4 is 0 Å². The van der Waals surface area contributed by atoms with Crippen molar-refractivity contribution in [3.8, 4) is 0 Å². The van der Waals surface area contributed by atoms with E-state index in [0.29, 0.717) is 5.56 Å². The average Bonchev–Trinajstić information content (AvgIpc) is 2.27. The Labute approximate surface area is 109 Å². The summed E-state index contributed by atoms with van der Waals surface area (Å²) < 4.78 is 50.4. The van der Waals surface area contributed by atoms with E-state index in [2.05, 4.69) is 4.74 Å². The summed E-state index contributed by atoms with van der Waals surface area (Å²) in [5, 5.41) is 8.88. The first-order valence-corrected chi connectivity index (χ1v) is 6.45. The molecule has 106 valence electrons. The molecule has 1 unspecified atom stereocenters. The lowest BCUT2D eigenvalue weighted by Crippen LogP contribution is -2.18. The highest BCUT2D eigenvalue weighted by molar-refractivity contribution is 7.85. The maximum absolute atomic E-state index is 11.7. The largest absolute Gasteiger partial charge is 0.522 e. The molecule has 1 rings (SSSR count). The van der Waals surface area contributed by atoms with E-state index in [-0.39, 0.29) is 16.2 Å². The van der Waals surface area contributed by atoms with Gasteiger partial charge in [-0.05, 0) is 24.6 Å². The minimum Gasteiger partial charge on any atom is -0.478 e. The number of carboxylic acids is 1. The topological polar surface area (TPSA) is 63.6 Å². The second-order valence-corrected chi connectivity index (χ2v) is 5.20. The molecule has 4 nitrogen and oxygen atoms in total. The molecule has 0 saturated heterocycles. The van der Waals surface area contributed by atoms with Crippen LogP contribution in [0.25, 0.3) is 0 Å². The number of ether oxygens (including phenoxy) is 1. The van der Waals surface area contributed by atoms with Crippen molar-refractivity contribution < 1.29 is 32.0 Å². The van der Waals surface area contributed by atoms with Crippen molar-refractivity contribution in [2.75, 3.05) is 12.4 Å². The first-order chi connectivity index (χ1) is 8.70. The standard InChI is InChI=1S/C11H11F3O4S/c1-7-2-3-8(6-9(7)10(15)16)19(17)5-4-18-11(12,13)14/h2-3,6H,4-5H2,1H3,(H,15,16). The van der Waals surface area contributed by atoms with Gasteiger partial charge in [-0.15, -0.1) is 13.2 Å². The zero-order valence-corrected chi connectivity index (χ0v) is 10.7. The number of halogens is 3. The predicted molar refractivity (Wildman–Crippen MR) is 61.4 cm³/mol. The van der Waals surface area contributed by atoms with Crippen LogP contribution in [0.5, 0.6) is 0 Å². The zero-order valence-electron chi connectivity index (χ0n) is 9.86. The monoisotopic (exact) mass is 296 g/mol. The molecule has 0 heterocycles. The van der Waals surface area contributed by atoms with Crippen LogP contribution in [0.15, 0.2) is 23.1 Å². The molecule has 0 fully saturated rings.